The highest BCUT2D eigenvalue weighted by molar-refractivity contribution is 9.10. The Balaban J connectivity index is 2.08. The summed E-state index contributed by atoms with van der Waals surface area (Å²) in [5.74, 6) is -1.01. The van der Waals surface area contributed by atoms with E-state index in [-0.39, 0.29) is 5.56 Å². The van der Waals surface area contributed by atoms with Crippen molar-refractivity contribution >= 4 is 44.5 Å². The molecule has 6 nitrogen and oxygen atoms in total. The predicted molar refractivity (Wildman–Crippen MR) is 90.7 cm³/mol. The lowest BCUT2D eigenvalue weighted by atomic mass is 10.1. The van der Waals surface area contributed by atoms with Crippen LogP contribution in [0.2, 0.25) is 0 Å². The maximum atomic E-state index is 12.5. The van der Waals surface area contributed by atoms with Gasteiger partial charge in [0.05, 0.1) is 5.52 Å². The van der Waals surface area contributed by atoms with Gasteiger partial charge in [-0.2, -0.15) is 0 Å². The standard InChI is InChI=1S/C16H12BrN3O3/c17-9-5-7-10(8-6-9)19-14(21)13-11-3-1-2-4-12(11)20(15(13)22)16(18)23/h1-8,22H,(H2,18,23)(H,19,21). The number of nitrogens with one attached hydrogen (secondary N) is 1. The van der Waals surface area contributed by atoms with Crippen LogP contribution in [0.3, 0.4) is 0 Å². The van der Waals surface area contributed by atoms with Gasteiger partial charge in [-0.25, -0.2) is 9.36 Å². The fourth-order valence-electron chi connectivity index (χ4n) is 2.40. The molecule has 2 amide bonds. The molecule has 0 aliphatic carbocycles. The maximum absolute atomic E-state index is 12.5. The van der Waals surface area contributed by atoms with Crippen LogP contribution in [0.25, 0.3) is 10.9 Å². The number of aromatic nitrogens is 1. The third-order valence-electron chi connectivity index (χ3n) is 3.40. The lowest BCUT2D eigenvalue weighted by molar-refractivity contribution is 0.102. The van der Waals surface area contributed by atoms with Crippen molar-refractivity contribution in [3.63, 3.8) is 0 Å². The first-order valence-corrected chi connectivity index (χ1v) is 7.47. The largest absolute Gasteiger partial charge is 0.494 e. The number of anilines is 1. The second-order valence-corrected chi connectivity index (χ2v) is 5.77. The molecule has 3 aromatic rings. The first kappa shape index (κ1) is 15.1. The topological polar surface area (TPSA) is 97.3 Å². The van der Waals surface area contributed by atoms with Crippen molar-refractivity contribution in [2.75, 3.05) is 5.32 Å². The number of fused-ring (bicyclic) bond motifs is 1. The molecule has 0 saturated heterocycles. The van der Waals surface area contributed by atoms with Crippen molar-refractivity contribution in [3.05, 3.63) is 58.6 Å². The molecular weight excluding hydrogens is 362 g/mol. The van der Waals surface area contributed by atoms with Gasteiger partial charge in [0.1, 0.15) is 5.56 Å². The number of primary amides is 1. The number of aromatic hydroxyl groups is 1. The molecule has 2 aromatic carbocycles. The molecule has 0 spiro atoms. The van der Waals surface area contributed by atoms with E-state index in [4.69, 9.17) is 5.73 Å². The lowest BCUT2D eigenvalue weighted by Crippen LogP contribution is -2.19. The Morgan fingerprint density at radius 1 is 1.09 bits per heavy atom. The number of carbonyl (C=O) groups is 2. The number of halogens is 1. The molecule has 1 aromatic heterocycles. The molecule has 0 aliphatic rings. The fraction of sp³-hybridized carbons (Fsp3) is 0. The molecule has 116 valence electrons. The predicted octanol–water partition coefficient (Wildman–Crippen LogP) is 3.29. The van der Waals surface area contributed by atoms with Gasteiger partial charge in [0.15, 0.2) is 0 Å². The summed E-state index contributed by atoms with van der Waals surface area (Å²) in [5.41, 5.74) is 6.23. The second-order valence-electron chi connectivity index (χ2n) is 4.85. The molecule has 0 atom stereocenters. The Labute approximate surface area is 139 Å². The molecule has 0 aliphatic heterocycles. The number of carbonyl (C=O) groups excluding carboxylic acids is 2. The van der Waals surface area contributed by atoms with Crippen molar-refractivity contribution in [2.24, 2.45) is 5.73 Å². The van der Waals surface area contributed by atoms with Gasteiger partial charge in [-0.3, -0.25) is 4.79 Å². The number of para-hydroxylation sites is 1. The number of rotatable bonds is 2. The molecule has 4 N–H and O–H groups in total. The Bertz CT molecular complexity index is 916. The van der Waals surface area contributed by atoms with E-state index in [1.54, 1.807) is 48.5 Å². The van der Waals surface area contributed by atoms with Crippen LogP contribution >= 0.6 is 15.9 Å². The van der Waals surface area contributed by atoms with E-state index < -0.39 is 17.8 Å². The van der Waals surface area contributed by atoms with E-state index in [1.165, 1.54) is 0 Å². The molecule has 0 bridgehead atoms. The highest BCUT2D eigenvalue weighted by Gasteiger charge is 2.24. The summed E-state index contributed by atoms with van der Waals surface area (Å²) in [6, 6.07) is 12.8. The van der Waals surface area contributed by atoms with Gasteiger partial charge in [0, 0.05) is 15.5 Å². The quantitative estimate of drug-likeness (QED) is 0.642. The molecule has 0 saturated carbocycles. The van der Waals surface area contributed by atoms with E-state index in [0.29, 0.717) is 16.6 Å². The number of hydrogen-bond donors (Lipinski definition) is 3. The zero-order chi connectivity index (χ0) is 16.6. The zero-order valence-electron chi connectivity index (χ0n) is 11.8. The monoisotopic (exact) mass is 373 g/mol. The van der Waals surface area contributed by atoms with Crippen LogP contribution in [0.4, 0.5) is 10.5 Å². The smallest absolute Gasteiger partial charge is 0.326 e. The average molecular weight is 374 g/mol. The van der Waals surface area contributed by atoms with E-state index in [0.717, 1.165) is 9.04 Å². The minimum Gasteiger partial charge on any atom is -0.494 e. The first-order chi connectivity index (χ1) is 11.0. The van der Waals surface area contributed by atoms with Crippen LogP contribution in [0.15, 0.2) is 53.0 Å². The number of benzene rings is 2. The van der Waals surface area contributed by atoms with Crippen molar-refractivity contribution in [1.82, 2.24) is 4.57 Å². The van der Waals surface area contributed by atoms with Crippen LogP contribution in [-0.2, 0) is 0 Å². The average Bonchev–Trinajstić information content (AvgIpc) is 2.81. The molecular formula is C16H12BrN3O3. The fourth-order valence-corrected chi connectivity index (χ4v) is 2.66. The summed E-state index contributed by atoms with van der Waals surface area (Å²) >= 11 is 3.31. The van der Waals surface area contributed by atoms with E-state index in [9.17, 15) is 14.7 Å². The molecule has 0 radical (unpaired) electrons. The van der Waals surface area contributed by atoms with Gasteiger partial charge in [-0.15, -0.1) is 0 Å². The first-order valence-electron chi connectivity index (χ1n) is 6.68. The molecule has 0 unspecified atom stereocenters. The highest BCUT2D eigenvalue weighted by atomic mass is 79.9. The Morgan fingerprint density at radius 3 is 2.39 bits per heavy atom. The SMILES string of the molecule is NC(=O)n1c(O)c(C(=O)Nc2ccc(Br)cc2)c2ccccc21. The van der Waals surface area contributed by atoms with E-state index in [2.05, 4.69) is 21.2 Å². The summed E-state index contributed by atoms with van der Waals surface area (Å²) in [5, 5.41) is 13.4. The van der Waals surface area contributed by atoms with Crippen molar-refractivity contribution < 1.29 is 14.7 Å². The summed E-state index contributed by atoms with van der Waals surface area (Å²) in [7, 11) is 0. The normalized spacial score (nSPS) is 10.7. The number of nitrogens with two attached hydrogens (primary N) is 1. The van der Waals surface area contributed by atoms with Crippen molar-refractivity contribution in [1.29, 1.82) is 0 Å². The Morgan fingerprint density at radius 2 is 1.74 bits per heavy atom. The zero-order valence-corrected chi connectivity index (χ0v) is 13.4. The highest BCUT2D eigenvalue weighted by Crippen LogP contribution is 2.31. The Hall–Kier alpha value is -2.80. The second kappa shape index (κ2) is 5.77. The minimum atomic E-state index is -0.860. The molecule has 23 heavy (non-hydrogen) atoms. The molecule has 1 heterocycles. The van der Waals surface area contributed by atoms with Gasteiger partial charge < -0.3 is 16.2 Å². The molecule has 3 rings (SSSR count). The van der Waals surface area contributed by atoms with E-state index >= 15 is 0 Å². The number of nitrogens with zero attached hydrogens (tertiary/aromatic N) is 1. The number of hydrogen-bond acceptors (Lipinski definition) is 3. The van der Waals surface area contributed by atoms with Crippen LogP contribution in [0.5, 0.6) is 5.88 Å². The summed E-state index contributed by atoms with van der Waals surface area (Å²) in [4.78, 5) is 24.1. The third-order valence-corrected chi connectivity index (χ3v) is 3.93. The van der Waals surface area contributed by atoms with Crippen LogP contribution in [0.1, 0.15) is 10.4 Å². The van der Waals surface area contributed by atoms with Gasteiger partial charge in [-0.05, 0) is 30.3 Å². The van der Waals surface area contributed by atoms with Crippen molar-refractivity contribution in [3.8, 4) is 5.88 Å². The summed E-state index contributed by atoms with van der Waals surface area (Å²) in [6.07, 6.45) is 0. The third kappa shape index (κ3) is 2.66. The van der Waals surface area contributed by atoms with E-state index in [1.807, 2.05) is 0 Å². The molecule has 0 fully saturated rings. The van der Waals surface area contributed by atoms with Crippen LogP contribution in [0, 0.1) is 0 Å². The van der Waals surface area contributed by atoms with Gasteiger partial charge in [-0.1, -0.05) is 34.1 Å². The Kier molecular flexibility index (Phi) is 3.79. The van der Waals surface area contributed by atoms with Gasteiger partial charge in [0.25, 0.3) is 5.91 Å². The van der Waals surface area contributed by atoms with Crippen LogP contribution in [-0.4, -0.2) is 21.6 Å². The van der Waals surface area contributed by atoms with Crippen LogP contribution < -0.4 is 11.1 Å². The van der Waals surface area contributed by atoms with Gasteiger partial charge in [0.2, 0.25) is 5.88 Å². The summed E-state index contributed by atoms with van der Waals surface area (Å²) in [6.45, 7) is 0. The van der Waals surface area contributed by atoms with Crippen molar-refractivity contribution in [2.45, 2.75) is 0 Å². The number of amides is 2. The lowest BCUT2D eigenvalue weighted by Gasteiger charge is -2.05. The maximum Gasteiger partial charge on any atom is 0.326 e. The molecule has 7 heteroatoms. The summed E-state index contributed by atoms with van der Waals surface area (Å²) < 4.78 is 1.79. The minimum absolute atomic E-state index is 0.00215. The van der Waals surface area contributed by atoms with Gasteiger partial charge >= 0.3 is 6.03 Å².